The van der Waals surface area contributed by atoms with Crippen LogP contribution in [0.5, 0.6) is 0 Å². The van der Waals surface area contributed by atoms with E-state index in [0.29, 0.717) is 69.3 Å². The second kappa shape index (κ2) is 24.4. The SMILES string of the molecule is C=NC1=Cc2[nH]c(c(C)c2/C=C/c2cn([C@@H]3O[C@H](COC(C)=O)C(OC(C)=O)C3OC(C)=O)c(=O)[nH]c2=O)/C=C2\NC(=C(CC(=O)OC)C3=NC(/C=C\C(CC)=C1C)C(C)=C3CC(=O)OC)[C@@H](CCC(=O)OC)[C@@H]2C. The van der Waals surface area contributed by atoms with Crippen molar-refractivity contribution in [1.29, 1.82) is 0 Å². The Labute approximate surface area is 433 Å². The number of nitrogens with one attached hydrogen (secondary N) is 3. The number of nitrogens with zero attached hydrogens (tertiary/aromatic N) is 3. The van der Waals surface area contributed by atoms with Gasteiger partial charge in [0, 0.05) is 79.1 Å². The maximum absolute atomic E-state index is 13.6. The molecule has 2 fully saturated rings. The number of allylic oxidation sites excluding steroid dienone is 5. The second-order valence-electron chi connectivity index (χ2n) is 18.4. The van der Waals surface area contributed by atoms with Crippen LogP contribution in [0.2, 0.25) is 0 Å². The molecule has 4 aliphatic heterocycles. The zero-order valence-electron chi connectivity index (χ0n) is 44.0. The van der Waals surface area contributed by atoms with Crippen molar-refractivity contribution in [1.82, 2.24) is 19.9 Å². The molecule has 21 heteroatoms. The summed E-state index contributed by atoms with van der Waals surface area (Å²) in [5.41, 5.74) is 6.56. The molecule has 0 saturated carbocycles. The van der Waals surface area contributed by atoms with Gasteiger partial charge < -0.3 is 43.5 Å². The Balaban J connectivity index is 1.58. The van der Waals surface area contributed by atoms with E-state index in [1.807, 2.05) is 58.9 Å². The molecular formula is C54H64N6O15. The molecule has 2 saturated heterocycles. The number of ether oxygens (including phenoxy) is 7. The van der Waals surface area contributed by atoms with Gasteiger partial charge in [0.1, 0.15) is 12.7 Å². The first-order valence-corrected chi connectivity index (χ1v) is 24.3. The Morgan fingerprint density at radius 2 is 1.51 bits per heavy atom. The fourth-order valence-corrected chi connectivity index (χ4v) is 9.62. The topological polar surface area (TPSA) is 274 Å². The highest BCUT2D eigenvalue weighted by Crippen LogP contribution is 2.43. The van der Waals surface area contributed by atoms with E-state index in [0.717, 1.165) is 35.1 Å². The predicted molar refractivity (Wildman–Crippen MR) is 276 cm³/mol. The number of carbonyl (C=O) groups is 6. The third-order valence-corrected chi connectivity index (χ3v) is 13.7. The van der Waals surface area contributed by atoms with Crippen LogP contribution in [0.4, 0.5) is 0 Å². The van der Waals surface area contributed by atoms with Crippen LogP contribution in [0.3, 0.4) is 0 Å². The van der Waals surface area contributed by atoms with Crippen LogP contribution in [0.25, 0.3) is 24.3 Å². The van der Waals surface area contributed by atoms with E-state index in [1.54, 1.807) is 6.08 Å². The summed E-state index contributed by atoms with van der Waals surface area (Å²) in [6.45, 7) is 16.6. The lowest BCUT2D eigenvalue weighted by atomic mass is 9.84. The monoisotopic (exact) mass is 1040 g/mol. The number of hydrogen-bond donors (Lipinski definition) is 3. The molecule has 0 spiro atoms. The van der Waals surface area contributed by atoms with Crippen molar-refractivity contribution < 1.29 is 61.9 Å². The largest absolute Gasteiger partial charge is 0.469 e. The van der Waals surface area contributed by atoms with Gasteiger partial charge in [-0.3, -0.25) is 53.1 Å². The Morgan fingerprint density at radius 1 is 0.853 bits per heavy atom. The molecule has 0 amide bonds. The molecule has 0 aromatic carbocycles. The third-order valence-electron chi connectivity index (χ3n) is 13.7. The number of fused-ring (bicyclic) bond motifs is 5. The molecule has 6 rings (SSSR count). The molecule has 2 aromatic rings. The van der Waals surface area contributed by atoms with Crippen molar-refractivity contribution in [2.24, 2.45) is 21.8 Å². The van der Waals surface area contributed by atoms with Gasteiger partial charge >= 0.3 is 41.5 Å². The summed E-state index contributed by atoms with van der Waals surface area (Å²) in [4.78, 5) is 118. The lowest BCUT2D eigenvalue weighted by Crippen LogP contribution is -2.42. The van der Waals surface area contributed by atoms with E-state index in [-0.39, 0.29) is 36.7 Å². The maximum atomic E-state index is 13.6. The third kappa shape index (κ3) is 12.7. The van der Waals surface area contributed by atoms with Crippen LogP contribution in [-0.2, 0) is 61.9 Å². The molecule has 7 atom stereocenters. The molecule has 0 aliphatic carbocycles. The average Bonchev–Trinajstić information content (AvgIpc) is 4.06. The van der Waals surface area contributed by atoms with Gasteiger partial charge in [-0.1, -0.05) is 32.1 Å². The summed E-state index contributed by atoms with van der Waals surface area (Å²) in [6, 6.07) is -0.544. The molecule has 6 heterocycles. The second-order valence-corrected chi connectivity index (χ2v) is 18.4. The summed E-state index contributed by atoms with van der Waals surface area (Å²) in [7, 11) is 3.91. The Morgan fingerprint density at radius 3 is 2.12 bits per heavy atom. The maximum Gasteiger partial charge on any atom is 0.330 e. The number of H-pyrrole nitrogens is 2. The van der Waals surface area contributed by atoms with Gasteiger partial charge in [-0.2, -0.15) is 0 Å². The van der Waals surface area contributed by atoms with Gasteiger partial charge in [-0.15, -0.1) is 0 Å². The summed E-state index contributed by atoms with van der Waals surface area (Å²) in [5, 5.41) is 3.61. The van der Waals surface area contributed by atoms with Crippen molar-refractivity contribution in [3.05, 3.63) is 112 Å². The van der Waals surface area contributed by atoms with Gasteiger partial charge in [-0.25, -0.2) is 4.79 Å². The molecule has 3 N–H and O–H groups in total. The lowest BCUT2D eigenvalue weighted by molar-refractivity contribution is -0.166. The van der Waals surface area contributed by atoms with Gasteiger partial charge in [-0.05, 0) is 86.4 Å². The highest BCUT2D eigenvalue weighted by atomic mass is 16.7. The molecular weight excluding hydrogens is 973 g/mol. The Hall–Kier alpha value is -7.94. The summed E-state index contributed by atoms with van der Waals surface area (Å²) in [5.74, 6) is -4.37. The summed E-state index contributed by atoms with van der Waals surface area (Å²) in [6.07, 6.45) is 7.26. The van der Waals surface area contributed by atoms with Crippen LogP contribution in [-0.4, -0.2) is 115 Å². The standard InChI is InChI=1S/C54H64N6O15/c1-13-33-15-18-39-29(5)37(20-46(65)70-11)49(57-39)38(21-47(66)71-12)48-36(17-19-45(64)69-10)28(4)42(58-48)23-41-27(3)35(43(56-41)22-40(55-9)26(33)2)16-14-34-24-60(54(68)59-52(34)67)53-51(74-32(8)63)50(73-31(7)62)44(75-53)25-72-30(6)61/h14-16,18,22-24,28,36,39,44,50-51,53,56,58H,9,13,17,19-21,25H2,1-8,10-12H3,(H,59,67,68)/b16-14+,18-15-,33-26?,40-22?,42-23-,48-38?/t28-,36-,39?,44+,50?,51?,53+/m0/s1. The summed E-state index contributed by atoms with van der Waals surface area (Å²) < 4.78 is 38.7. The van der Waals surface area contributed by atoms with Crippen molar-refractivity contribution >= 4 is 72.5 Å². The van der Waals surface area contributed by atoms with Gasteiger partial charge in [0.05, 0.1) is 57.2 Å². The summed E-state index contributed by atoms with van der Waals surface area (Å²) >= 11 is 0. The van der Waals surface area contributed by atoms with E-state index < -0.39 is 84.3 Å². The predicted octanol–water partition coefficient (Wildman–Crippen LogP) is 5.67. The molecule has 6 bridgehead atoms. The van der Waals surface area contributed by atoms with Gasteiger partial charge in [0.25, 0.3) is 5.56 Å². The van der Waals surface area contributed by atoms with E-state index >= 15 is 0 Å². The number of hydrogen-bond acceptors (Lipinski definition) is 18. The fraction of sp³-hybridized carbons (Fsp3) is 0.444. The Kier molecular flexibility index (Phi) is 18.3. The minimum Gasteiger partial charge on any atom is -0.469 e. The minimum atomic E-state index is -1.45. The van der Waals surface area contributed by atoms with E-state index in [9.17, 15) is 38.4 Å². The van der Waals surface area contributed by atoms with Crippen molar-refractivity contribution in [3.8, 4) is 0 Å². The fourth-order valence-electron chi connectivity index (χ4n) is 9.62. The normalized spacial score (nSPS) is 23.6. The zero-order chi connectivity index (χ0) is 55.0. The Bertz CT molecular complexity index is 3050. The molecule has 3 unspecified atom stereocenters. The first-order valence-electron chi connectivity index (χ1n) is 24.3. The van der Waals surface area contributed by atoms with Crippen LogP contribution in [0.15, 0.2) is 82.9 Å². The van der Waals surface area contributed by atoms with Crippen molar-refractivity contribution in [2.45, 2.75) is 118 Å². The van der Waals surface area contributed by atoms with Crippen molar-refractivity contribution in [3.63, 3.8) is 0 Å². The number of aromatic amines is 2. The molecule has 400 valence electrons. The van der Waals surface area contributed by atoms with Crippen LogP contribution < -0.4 is 16.6 Å². The number of esters is 6. The smallest absolute Gasteiger partial charge is 0.330 e. The lowest BCUT2D eigenvalue weighted by Gasteiger charge is -2.24. The zero-order valence-corrected chi connectivity index (χ0v) is 44.0. The highest BCUT2D eigenvalue weighted by molar-refractivity contribution is 6.18. The van der Waals surface area contributed by atoms with Crippen LogP contribution >= 0.6 is 0 Å². The van der Waals surface area contributed by atoms with Gasteiger partial charge in [0.15, 0.2) is 18.4 Å². The number of carbonyl (C=O) groups excluding carboxylic acids is 6. The van der Waals surface area contributed by atoms with E-state index in [2.05, 4.69) is 27.0 Å². The van der Waals surface area contributed by atoms with Crippen molar-refractivity contribution in [2.75, 3.05) is 27.9 Å². The quantitative estimate of drug-likeness (QED) is 0.104. The first kappa shape index (κ1) is 56.4. The number of rotatable bonds is 16. The molecule has 4 aliphatic rings. The van der Waals surface area contributed by atoms with Gasteiger partial charge in [0.2, 0.25) is 0 Å². The first-order chi connectivity index (χ1) is 35.6. The number of aliphatic imine (C=N–C) groups is 2. The average molecular weight is 1040 g/mol. The molecule has 0 radical (unpaired) electrons. The van der Waals surface area contributed by atoms with E-state index in [1.165, 1.54) is 40.5 Å². The molecule has 75 heavy (non-hydrogen) atoms. The minimum absolute atomic E-state index is 0.0332. The number of aromatic nitrogens is 3. The van der Waals surface area contributed by atoms with Crippen LogP contribution in [0.1, 0.15) is 115 Å². The number of methoxy groups -OCH3 is 3. The van der Waals surface area contributed by atoms with E-state index in [4.69, 9.17) is 38.2 Å². The highest BCUT2D eigenvalue weighted by Gasteiger charge is 2.51. The molecule has 21 nitrogen and oxygen atoms in total. The van der Waals surface area contributed by atoms with Crippen LogP contribution in [0, 0.1) is 18.8 Å². The molecule has 2 aromatic heterocycles.